The van der Waals surface area contributed by atoms with Crippen LogP contribution < -0.4 is 10.2 Å². The van der Waals surface area contributed by atoms with Gasteiger partial charge in [0.15, 0.2) is 0 Å². The summed E-state index contributed by atoms with van der Waals surface area (Å²) in [5.74, 6) is 0.136. The van der Waals surface area contributed by atoms with Crippen LogP contribution in [0.3, 0.4) is 0 Å². The Kier molecular flexibility index (Phi) is 3.19. The monoisotopic (exact) mass is 259 g/mol. The average molecular weight is 259 g/mol. The number of benzene rings is 1. The molecule has 0 aromatic heterocycles. The van der Waals surface area contributed by atoms with Gasteiger partial charge in [-0.25, -0.2) is 0 Å². The van der Waals surface area contributed by atoms with Gasteiger partial charge in [0.05, 0.1) is 0 Å². The van der Waals surface area contributed by atoms with Gasteiger partial charge in [0.2, 0.25) is 5.91 Å². The molecule has 3 rings (SSSR count). The number of rotatable bonds is 2. The van der Waals surface area contributed by atoms with Crippen molar-refractivity contribution in [1.29, 1.82) is 0 Å². The molecule has 0 radical (unpaired) electrons. The molecular weight excluding hydrogens is 238 g/mol. The number of carbonyl (C=O) groups is 1. The zero-order chi connectivity index (χ0) is 13.4. The Morgan fingerprint density at radius 3 is 2.89 bits per heavy atom. The van der Waals surface area contributed by atoms with Crippen LogP contribution in [0.25, 0.3) is 0 Å². The zero-order valence-corrected chi connectivity index (χ0v) is 11.6. The Morgan fingerprint density at radius 1 is 1.37 bits per heavy atom. The molecule has 2 aliphatic heterocycles. The highest BCUT2D eigenvalue weighted by Gasteiger charge is 2.23. The Morgan fingerprint density at radius 2 is 2.21 bits per heavy atom. The number of likely N-dealkylation sites (N-methyl/N-ethyl adjacent to an activating group) is 1. The number of anilines is 2. The van der Waals surface area contributed by atoms with Crippen LogP contribution in [-0.4, -0.2) is 43.5 Å². The number of fused-ring (bicyclic) bond motifs is 1. The Hall–Kier alpha value is -1.55. The molecule has 1 unspecified atom stereocenters. The molecule has 19 heavy (non-hydrogen) atoms. The van der Waals surface area contributed by atoms with E-state index in [9.17, 15) is 4.79 Å². The second-order valence-corrected chi connectivity index (χ2v) is 5.66. The van der Waals surface area contributed by atoms with Gasteiger partial charge in [0, 0.05) is 37.4 Å². The second kappa shape index (κ2) is 4.85. The standard InChI is InChI=1S/C15H21N3O/c1-11(19)18-8-5-12-9-13(3-4-15(12)18)16-14-6-7-17(2)10-14/h3-4,9,14,16H,5-8,10H2,1-2H3. The highest BCUT2D eigenvalue weighted by molar-refractivity contribution is 5.94. The fourth-order valence-corrected chi connectivity index (χ4v) is 3.11. The van der Waals surface area contributed by atoms with Gasteiger partial charge in [0.25, 0.3) is 0 Å². The lowest BCUT2D eigenvalue weighted by Crippen LogP contribution is -2.25. The van der Waals surface area contributed by atoms with Gasteiger partial charge < -0.3 is 15.1 Å². The smallest absolute Gasteiger partial charge is 0.223 e. The summed E-state index contributed by atoms with van der Waals surface area (Å²) in [6, 6.07) is 6.92. The highest BCUT2D eigenvalue weighted by Crippen LogP contribution is 2.31. The topological polar surface area (TPSA) is 35.6 Å². The molecule has 0 spiro atoms. The maximum atomic E-state index is 11.5. The van der Waals surface area contributed by atoms with Gasteiger partial charge in [-0.3, -0.25) is 4.79 Å². The van der Waals surface area contributed by atoms with Crippen molar-refractivity contribution in [2.45, 2.75) is 25.8 Å². The molecule has 4 nitrogen and oxygen atoms in total. The van der Waals surface area contributed by atoms with Crippen LogP contribution in [0.1, 0.15) is 18.9 Å². The third-order valence-electron chi connectivity index (χ3n) is 4.12. The molecule has 2 heterocycles. The number of likely N-dealkylation sites (tertiary alicyclic amines) is 1. The van der Waals surface area contributed by atoms with Crippen molar-refractivity contribution >= 4 is 17.3 Å². The zero-order valence-electron chi connectivity index (χ0n) is 11.6. The van der Waals surface area contributed by atoms with Gasteiger partial charge in [-0.05, 0) is 50.2 Å². The number of hydrogen-bond donors (Lipinski definition) is 1. The van der Waals surface area contributed by atoms with E-state index in [1.165, 1.54) is 24.2 Å². The van der Waals surface area contributed by atoms with Crippen LogP contribution >= 0.6 is 0 Å². The van der Waals surface area contributed by atoms with E-state index >= 15 is 0 Å². The summed E-state index contributed by atoms with van der Waals surface area (Å²) in [6.45, 7) is 4.73. The first kappa shape index (κ1) is 12.5. The van der Waals surface area contributed by atoms with E-state index in [0.29, 0.717) is 6.04 Å². The number of hydrogen-bond acceptors (Lipinski definition) is 3. The number of nitrogens with zero attached hydrogens (tertiary/aromatic N) is 2. The van der Waals surface area contributed by atoms with Crippen LogP contribution in [0.5, 0.6) is 0 Å². The van der Waals surface area contributed by atoms with Crippen molar-refractivity contribution in [3.63, 3.8) is 0 Å². The van der Waals surface area contributed by atoms with Gasteiger partial charge in [-0.15, -0.1) is 0 Å². The summed E-state index contributed by atoms with van der Waals surface area (Å²) in [5.41, 5.74) is 3.55. The lowest BCUT2D eigenvalue weighted by molar-refractivity contribution is -0.116. The lowest BCUT2D eigenvalue weighted by Gasteiger charge is -2.17. The molecule has 1 saturated heterocycles. The molecule has 1 fully saturated rings. The number of carbonyl (C=O) groups excluding carboxylic acids is 1. The van der Waals surface area contributed by atoms with E-state index < -0.39 is 0 Å². The van der Waals surface area contributed by atoms with Gasteiger partial charge >= 0.3 is 0 Å². The minimum absolute atomic E-state index is 0.136. The SMILES string of the molecule is CC(=O)N1CCc2cc(NC3CCN(C)C3)ccc21. The van der Waals surface area contributed by atoms with E-state index in [-0.39, 0.29) is 5.91 Å². The largest absolute Gasteiger partial charge is 0.381 e. The van der Waals surface area contributed by atoms with Crippen LogP contribution in [0.15, 0.2) is 18.2 Å². The summed E-state index contributed by atoms with van der Waals surface area (Å²) in [5, 5.41) is 3.60. The molecule has 1 aromatic rings. The van der Waals surface area contributed by atoms with Crippen molar-refractivity contribution in [2.24, 2.45) is 0 Å². The molecule has 102 valence electrons. The molecule has 1 N–H and O–H groups in total. The normalized spacial score (nSPS) is 22.6. The summed E-state index contributed by atoms with van der Waals surface area (Å²) >= 11 is 0. The Bertz CT molecular complexity index is 500. The van der Waals surface area contributed by atoms with Crippen LogP contribution in [0.2, 0.25) is 0 Å². The molecule has 1 atom stereocenters. The van der Waals surface area contributed by atoms with Crippen molar-refractivity contribution < 1.29 is 4.79 Å². The fourth-order valence-electron chi connectivity index (χ4n) is 3.11. The number of amides is 1. The van der Waals surface area contributed by atoms with Gasteiger partial charge in [-0.2, -0.15) is 0 Å². The van der Waals surface area contributed by atoms with E-state index in [4.69, 9.17) is 0 Å². The summed E-state index contributed by atoms with van der Waals surface area (Å²) in [4.78, 5) is 15.7. The molecule has 4 heteroatoms. The Labute approximate surface area is 114 Å². The maximum absolute atomic E-state index is 11.5. The number of nitrogens with one attached hydrogen (secondary N) is 1. The Balaban J connectivity index is 1.74. The average Bonchev–Trinajstić information content (AvgIpc) is 2.95. The quantitative estimate of drug-likeness (QED) is 0.878. The van der Waals surface area contributed by atoms with Gasteiger partial charge in [-0.1, -0.05) is 0 Å². The first-order chi connectivity index (χ1) is 9.13. The van der Waals surface area contributed by atoms with E-state index in [0.717, 1.165) is 25.2 Å². The molecular formula is C15H21N3O. The highest BCUT2D eigenvalue weighted by atomic mass is 16.2. The second-order valence-electron chi connectivity index (χ2n) is 5.66. The molecule has 2 aliphatic rings. The van der Waals surface area contributed by atoms with Crippen molar-refractivity contribution in [3.05, 3.63) is 23.8 Å². The molecule has 1 aromatic carbocycles. The van der Waals surface area contributed by atoms with Crippen molar-refractivity contribution in [3.8, 4) is 0 Å². The fraction of sp³-hybridized carbons (Fsp3) is 0.533. The first-order valence-electron chi connectivity index (χ1n) is 6.99. The van der Waals surface area contributed by atoms with Crippen LogP contribution in [-0.2, 0) is 11.2 Å². The maximum Gasteiger partial charge on any atom is 0.223 e. The molecule has 1 amide bonds. The van der Waals surface area contributed by atoms with E-state index in [1.807, 2.05) is 4.90 Å². The van der Waals surface area contributed by atoms with Crippen molar-refractivity contribution in [2.75, 3.05) is 36.9 Å². The van der Waals surface area contributed by atoms with Crippen LogP contribution in [0.4, 0.5) is 11.4 Å². The first-order valence-corrected chi connectivity index (χ1v) is 6.99. The lowest BCUT2D eigenvalue weighted by atomic mass is 10.1. The third-order valence-corrected chi connectivity index (χ3v) is 4.12. The summed E-state index contributed by atoms with van der Waals surface area (Å²) < 4.78 is 0. The summed E-state index contributed by atoms with van der Waals surface area (Å²) in [7, 11) is 2.16. The minimum Gasteiger partial charge on any atom is -0.381 e. The van der Waals surface area contributed by atoms with Crippen molar-refractivity contribution in [1.82, 2.24) is 4.90 Å². The van der Waals surface area contributed by atoms with E-state index in [1.54, 1.807) is 6.92 Å². The third kappa shape index (κ3) is 2.45. The molecule has 0 saturated carbocycles. The minimum atomic E-state index is 0.136. The molecule has 0 aliphatic carbocycles. The molecule has 0 bridgehead atoms. The van der Waals surface area contributed by atoms with Crippen LogP contribution in [0, 0.1) is 0 Å². The predicted octanol–water partition coefficient (Wildman–Crippen LogP) is 1.71. The van der Waals surface area contributed by atoms with Gasteiger partial charge in [0.1, 0.15) is 0 Å². The predicted molar refractivity (Wildman–Crippen MR) is 77.7 cm³/mol. The van der Waals surface area contributed by atoms with E-state index in [2.05, 4.69) is 35.5 Å². The summed E-state index contributed by atoms with van der Waals surface area (Å²) in [6.07, 6.45) is 2.17.